The van der Waals surface area contributed by atoms with Gasteiger partial charge in [-0.2, -0.15) is 0 Å². The largest absolute Gasteiger partial charge is 0.444 e. The van der Waals surface area contributed by atoms with Crippen LogP contribution in [0.3, 0.4) is 0 Å². The summed E-state index contributed by atoms with van der Waals surface area (Å²) >= 11 is 33.0. The van der Waals surface area contributed by atoms with Crippen LogP contribution in [-0.2, 0) is 9.47 Å². The standard InChI is InChI=1S/C11H14Cl6N2O4/c12-10(13,14)5-22-8(20)18-19(7-3-1-2-4-7)9(21)23-6-11(15,16)17/h7H,1-6H2,(H,18,20). The molecule has 1 aliphatic carbocycles. The first-order valence-electron chi connectivity index (χ1n) is 6.51. The molecule has 12 heteroatoms. The van der Waals surface area contributed by atoms with Gasteiger partial charge in [-0.3, -0.25) is 0 Å². The Hall–Kier alpha value is 0.280. The van der Waals surface area contributed by atoms with E-state index in [1.165, 1.54) is 0 Å². The Kier molecular flexibility index (Phi) is 8.45. The van der Waals surface area contributed by atoms with E-state index < -0.39 is 33.0 Å². The summed E-state index contributed by atoms with van der Waals surface area (Å²) in [5.74, 6) is 0. The lowest BCUT2D eigenvalue weighted by Crippen LogP contribution is -2.52. The van der Waals surface area contributed by atoms with Gasteiger partial charge in [-0.05, 0) is 12.8 Å². The number of amides is 2. The van der Waals surface area contributed by atoms with Crippen LogP contribution in [0.25, 0.3) is 0 Å². The van der Waals surface area contributed by atoms with Gasteiger partial charge in [0.05, 0.1) is 6.04 Å². The maximum Gasteiger partial charge on any atom is 0.429 e. The van der Waals surface area contributed by atoms with Crippen molar-refractivity contribution in [3.05, 3.63) is 0 Å². The number of halogens is 6. The summed E-state index contributed by atoms with van der Waals surface area (Å²) in [5, 5.41) is 1.00. The Morgan fingerprint density at radius 2 is 1.43 bits per heavy atom. The normalized spacial score (nSPS) is 16.1. The third-order valence-corrected chi connectivity index (χ3v) is 3.48. The van der Waals surface area contributed by atoms with E-state index in [4.69, 9.17) is 79.1 Å². The van der Waals surface area contributed by atoms with Crippen LogP contribution < -0.4 is 5.43 Å². The van der Waals surface area contributed by atoms with E-state index in [2.05, 4.69) is 5.43 Å². The first-order chi connectivity index (χ1) is 10.5. The zero-order chi connectivity index (χ0) is 17.7. The van der Waals surface area contributed by atoms with Crippen molar-refractivity contribution in [2.24, 2.45) is 0 Å². The fourth-order valence-corrected chi connectivity index (χ4v) is 2.27. The fourth-order valence-electron chi connectivity index (χ4n) is 1.94. The number of carbonyl (C=O) groups is 2. The van der Waals surface area contributed by atoms with Gasteiger partial charge < -0.3 is 9.47 Å². The molecule has 1 aliphatic rings. The van der Waals surface area contributed by atoms with E-state index >= 15 is 0 Å². The maximum atomic E-state index is 12.1. The molecule has 1 saturated carbocycles. The number of ether oxygens (including phenoxy) is 2. The lowest BCUT2D eigenvalue weighted by molar-refractivity contribution is 0.0538. The molecule has 0 aromatic carbocycles. The Balaban J connectivity index is 2.61. The summed E-state index contributed by atoms with van der Waals surface area (Å²) in [6, 6.07) is -0.252. The second-order valence-electron chi connectivity index (χ2n) is 4.78. The van der Waals surface area contributed by atoms with Crippen LogP contribution in [0.2, 0.25) is 0 Å². The van der Waals surface area contributed by atoms with E-state index in [1.807, 2.05) is 0 Å². The Labute approximate surface area is 163 Å². The van der Waals surface area contributed by atoms with Crippen molar-refractivity contribution in [3.8, 4) is 0 Å². The molecule has 0 unspecified atom stereocenters. The Bertz CT molecular complexity index is 420. The Morgan fingerprint density at radius 1 is 0.957 bits per heavy atom. The number of hydrogen-bond donors (Lipinski definition) is 1. The lowest BCUT2D eigenvalue weighted by Gasteiger charge is -2.28. The number of alkyl halides is 6. The van der Waals surface area contributed by atoms with Crippen molar-refractivity contribution >= 4 is 81.8 Å². The van der Waals surface area contributed by atoms with Crippen LogP contribution in [0.4, 0.5) is 9.59 Å². The van der Waals surface area contributed by atoms with Gasteiger partial charge in [0.15, 0.2) is 0 Å². The fraction of sp³-hybridized carbons (Fsp3) is 0.818. The third kappa shape index (κ3) is 9.37. The van der Waals surface area contributed by atoms with E-state index in [1.54, 1.807) is 0 Å². The first kappa shape index (κ1) is 21.3. The van der Waals surface area contributed by atoms with E-state index in [-0.39, 0.29) is 6.04 Å². The zero-order valence-electron chi connectivity index (χ0n) is 11.7. The van der Waals surface area contributed by atoms with Crippen LogP contribution in [0, 0.1) is 0 Å². The van der Waals surface area contributed by atoms with Crippen LogP contribution in [-0.4, -0.2) is 44.0 Å². The van der Waals surface area contributed by atoms with Crippen molar-refractivity contribution in [2.75, 3.05) is 13.2 Å². The molecule has 0 aromatic rings. The molecular formula is C11H14Cl6N2O4. The number of carbonyl (C=O) groups excluding carboxylic acids is 2. The summed E-state index contributed by atoms with van der Waals surface area (Å²) < 4.78 is 6.07. The number of nitrogens with one attached hydrogen (secondary N) is 1. The molecule has 0 atom stereocenters. The van der Waals surface area contributed by atoms with Gasteiger partial charge in [0.25, 0.3) is 0 Å². The minimum atomic E-state index is -1.76. The monoisotopic (exact) mass is 448 g/mol. The zero-order valence-corrected chi connectivity index (χ0v) is 16.2. The predicted molar refractivity (Wildman–Crippen MR) is 90.5 cm³/mol. The number of nitrogens with zero attached hydrogens (tertiary/aromatic N) is 1. The molecule has 134 valence electrons. The number of hydrogen-bond acceptors (Lipinski definition) is 4. The molecule has 1 rings (SSSR count). The summed E-state index contributed by atoms with van der Waals surface area (Å²) in [4.78, 5) is 23.8. The van der Waals surface area contributed by atoms with Crippen LogP contribution in [0.5, 0.6) is 0 Å². The molecule has 1 fully saturated rings. The SMILES string of the molecule is O=C(NN(C(=O)OCC(Cl)(Cl)Cl)C1CCCC1)OCC(Cl)(Cl)Cl. The molecule has 23 heavy (non-hydrogen) atoms. The molecule has 0 bridgehead atoms. The highest BCUT2D eigenvalue weighted by Gasteiger charge is 2.32. The molecule has 0 aromatic heterocycles. The van der Waals surface area contributed by atoms with Crippen LogP contribution in [0.1, 0.15) is 25.7 Å². The maximum absolute atomic E-state index is 12.1. The van der Waals surface area contributed by atoms with Crippen molar-refractivity contribution in [3.63, 3.8) is 0 Å². The molecule has 1 N–H and O–H groups in total. The molecule has 2 amide bonds. The average Bonchev–Trinajstić information content (AvgIpc) is 2.92. The molecule has 0 spiro atoms. The van der Waals surface area contributed by atoms with Gasteiger partial charge in [0, 0.05) is 0 Å². The second kappa shape index (κ2) is 9.11. The quantitative estimate of drug-likeness (QED) is 0.497. The van der Waals surface area contributed by atoms with Crippen molar-refractivity contribution < 1.29 is 19.1 Å². The molecule has 0 heterocycles. The van der Waals surface area contributed by atoms with Gasteiger partial charge >= 0.3 is 12.2 Å². The second-order valence-corrected chi connectivity index (χ2v) is 9.81. The van der Waals surface area contributed by atoms with Crippen molar-refractivity contribution in [1.29, 1.82) is 0 Å². The minimum Gasteiger partial charge on any atom is -0.444 e. The summed E-state index contributed by atoms with van der Waals surface area (Å²) in [5.41, 5.74) is 2.26. The van der Waals surface area contributed by atoms with Crippen LogP contribution in [0.15, 0.2) is 0 Å². The van der Waals surface area contributed by atoms with Gasteiger partial charge in [-0.1, -0.05) is 82.4 Å². The third-order valence-electron chi connectivity index (χ3n) is 2.82. The lowest BCUT2D eigenvalue weighted by atomic mass is 10.2. The topological polar surface area (TPSA) is 67.9 Å². The minimum absolute atomic E-state index is 0.252. The van der Waals surface area contributed by atoms with E-state index in [0.29, 0.717) is 12.8 Å². The van der Waals surface area contributed by atoms with E-state index in [9.17, 15) is 9.59 Å². The number of rotatable bonds is 3. The highest BCUT2D eigenvalue weighted by Crippen LogP contribution is 2.28. The molecule has 6 nitrogen and oxygen atoms in total. The molecular weight excluding hydrogens is 437 g/mol. The smallest absolute Gasteiger partial charge is 0.429 e. The summed E-state index contributed by atoms with van der Waals surface area (Å²) in [7, 11) is 0. The average molecular weight is 451 g/mol. The van der Waals surface area contributed by atoms with Gasteiger partial charge in [-0.15, -0.1) is 0 Å². The van der Waals surface area contributed by atoms with Gasteiger partial charge in [0.2, 0.25) is 7.59 Å². The molecule has 0 saturated heterocycles. The van der Waals surface area contributed by atoms with Gasteiger partial charge in [0.1, 0.15) is 13.2 Å². The number of hydrazine groups is 1. The summed E-state index contributed by atoms with van der Waals surface area (Å²) in [6.45, 7) is -0.949. The molecule has 0 aliphatic heterocycles. The predicted octanol–water partition coefficient (Wildman–Crippen LogP) is 4.75. The van der Waals surface area contributed by atoms with Crippen molar-refractivity contribution in [2.45, 2.75) is 39.3 Å². The van der Waals surface area contributed by atoms with Gasteiger partial charge in [-0.25, -0.2) is 20.0 Å². The Morgan fingerprint density at radius 3 is 1.91 bits per heavy atom. The first-order valence-corrected chi connectivity index (χ1v) is 8.77. The molecule has 0 radical (unpaired) electrons. The van der Waals surface area contributed by atoms with E-state index in [0.717, 1.165) is 17.9 Å². The van der Waals surface area contributed by atoms with Crippen LogP contribution >= 0.6 is 69.6 Å². The highest BCUT2D eigenvalue weighted by atomic mass is 35.6. The van der Waals surface area contributed by atoms with Crippen molar-refractivity contribution in [1.82, 2.24) is 10.4 Å². The summed E-state index contributed by atoms with van der Waals surface area (Å²) in [6.07, 6.45) is 1.36. The highest BCUT2D eigenvalue weighted by molar-refractivity contribution is 6.68.